The minimum atomic E-state index is -3.09. The predicted molar refractivity (Wildman–Crippen MR) is 121 cm³/mol. The average Bonchev–Trinajstić information content (AvgIpc) is 3.18. The number of carbonyl (C=O) groups excluding carboxylic acids is 1. The van der Waals surface area contributed by atoms with Gasteiger partial charge in [-0.15, -0.1) is 0 Å². The van der Waals surface area contributed by atoms with E-state index in [2.05, 4.69) is 4.99 Å². The molecule has 0 unspecified atom stereocenters. The monoisotopic (exact) mass is 444 g/mol. The molecule has 2 aromatic rings. The van der Waals surface area contributed by atoms with Crippen molar-refractivity contribution in [1.29, 1.82) is 0 Å². The summed E-state index contributed by atoms with van der Waals surface area (Å²) in [6.07, 6.45) is 0. The fourth-order valence-electron chi connectivity index (χ4n) is 3.53. The molecular formula is C22H24N2O4S2. The number of ether oxygens (including phenoxy) is 1. The van der Waals surface area contributed by atoms with Gasteiger partial charge < -0.3 is 9.64 Å². The Morgan fingerprint density at radius 3 is 2.50 bits per heavy atom. The molecule has 0 spiro atoms. The first-order valence-electron chi connectivity index (χ1n) is 9.88. The minimum absolute atomic E-state index is 0.0752. The summed E-state index contributed by atoms with van der Waals surface area (Å²) in [6.45, 7) is 4.08. The zero-order chi connectivity index (χ0) is 21.3. The Hall–Kier alpha value is -2.32. The fourth-order valence-corrected chi connectivity index (χ4v) is 7.45. The smallest absolute Gasteiger partial charge is 0.250 e. The van der Waals surface area contributed by atoms with Crippen LogP contribution in [0.1, 0.15) is 19.4 Å². The molecule has 2 aliphatic rings. The van der Waals surface area contributed by atoms with Crippen LogP contribution in [0, 0.1) is 5.92 Å². The maximum absolute atomic E-state index is 12.2. The Bertz CT molecular complexity index is 1050. The van der Waals surface area contributed by atoms with Gasteiger partial charge in [-0.3, -0.25) is 4.79 Å². The van der Waals surface area contributed by atoms with E-state index in [1.165, 1.54) is 11.8 Å². The Labute approximate surface area is 181 Å². The normalized spacial score (nSPS) is 23.7. The topological polar surface area (TPSA) is 76.0 Å². The van der Waals surface area contributed by atoms with Crippen LogP contribution in [0.15, 0.2) is 59.6 Å². The van der Waals surface area contributed by atoms with Gasteiger partial charge in [0.05, 0.1) is 17.5 Å². The third-order valence-electron chi connectivity index (χ3n) is 5.13. The molecular weight excluding hydrogens is 420 g/mol. The lowest BCUT2D eigenvalue weighted by Gasteiger charge is -2.24. The van der Waals surface area contributed by atoms with Gasteiger partial charge >= 0.3 is 0 Å². The molecule has 0 aliphatic carbocycles. The highest BCUT2D eigenvalue weighted by molar-refractivity contribution is 8.16. The molecule has 8 heteroatoms. The largest absolute Gasteiger partial charge is 0.489 e. The van der Waals surface area contributed by atoms with Crippen molar-refractivity contribution in [1.82, 2.24) is 0 Å². The summed E-state index contributed by atoms with van der Waals surface area (Å²) in [5.74, 6) is 0.505. The number of thioether (sulfide) groups is 1. The van der Waals surface area contributed by atoms with Crippen molar-refractivity contribution in [3.05, 3.63) is 60.2 Å². The van der Waals surface area contributed by atoms with Crippen LogP contribution >= 0.6 is 11.8 Å². The van der Waals surface area contributed by atoms with Crippen molar-refractivity contribution in [3.63, 3.8) is 0 Å². The third-order valence-corrected chi connectivity index (χ3v) is 8.34. The van der Waals surface area contributed by atoms with Crippen LogP contribution in [-0.4, -0.2) is 42.3 Å². The fraction of sp³-hybridized carbons (Fsp3) is 0.364. The van der Waals surface area contributed by atoms with E-state index >= 15 is 0 Å². The van der Waals surface area contributed by atoms with Gasteiger partial charge in [-0.1, -0.05) is 55.9 Å². The summed E-state index contributed by atoms with van der Waals surface area (Å²) < 4.78 is 30.2. The molecule has 0 saturated carbocycles. The number of amidine groups is 1. The van der Waals surface area contributed by atoms with Gasteiger partial charge in [0.25, 0.3) is 5.91 Å². The number of nitrogens with zero attached hydrogens (tertiary/aromatic N) is 2. The third kappa shape index (κ3) is 4.54. The number of amides is 1. The van der Waals surface area contributed by atoms with Crippen LogP contribution in [0.25, 0.3) is 0 Å². The zero-order valence-corrected chi connectivity index (χ0v) is 18.5. The Balaban J connectivity index is 1.56. The molecule has 2 fully saturated rings. The first kappa shape index (κ1) is 20.9. The first-order valence-corrected chi connectivity index (χ1v) is 12.6. The highest BCUT2D eigenvalue weighted by Gasteiger charge is 2.49. The van der Waals surface area contributed by atoms with E-state index in [1.807, 2.05) is 59.5 Å². The number of fused-ring (bicyclic) bond motifs is 1. The van der Waals surface area contributed by atoms with E-state index in [0.717, 1.165) is 17.0 Å². The summed E-state index contributed by atoms with van der Waals surface area (Å²) in [5, 5.41) is 0.472. The van der Waals surface area contributed by atoms with Crippen LogP contribution in [0.5, 0.6) is 5.75 Å². The van der Waals surface area contributed by atoms with E-state index < -0.39 is 9.84 Å². The summed E-state index contributed by atoms with van der Waals surface area (Å²) in [5.41, 5.74) is 1.90. The van der Waals surface area contributed by atoms with E-state index in [9.17, 15) is 13.2 Å². The van der Waals surface area contributed by atoms with Gasteiger partial charge in [0.15, 0.2) is 15.0 Å². The number of sulfone groups is 1. The molecule has 4 rings (SSSR count). The summed E-state index contributed by atoms with van der Waals surface area (Å²) in [7, 11) is -3.09. The van der Waals surface area contributed by atoms with E-state index in [0.29, 0.717) is 11.8 Å². The number of rotatable bonds is 5. The van der Waals surface area contributed by atoms with E-state index in [4.69, 9.17) is 4.74 Å². The first-order chi connectivity index (χ1) is 14.3. The van der Waals surface area contributed by atoms with Gasteiger partial charge in [-0.25, -0.2) is 8.42 Å². The number of hydrogen-bond acceptors (Lipinski definition) is 5. The second-order valence-corrected chi connectivity index (χ2v) is 11.2. The van der Waals surface area contributed by atoms with Gasteiger partial charge in [0.1, 0.15) is 12.4 Å². The highest BCUT2D eigenvalue weighted by atomic mass is 32.2. The van der Waals surface area contributed by atoms with Crippen LogP contribution in [0.2, 0.25) is 0 Å². The zero-order valence-electron chi connectivity index (χ0n) is 16.9. The summed E-state index contributed by atoms with van der Waals surface area (Å²) in [4.78, 5) is 18.4. The highest BCUT2D eigenvalue weighted by Crippen LogP contribution is 2.41. The molecule has 2 aliphatic heterocycles. The van der Waals surface area contributed by atoms with Crippen molar-refractivity contribution in [3.8, 4) is 5.75 Å². The van der Waals surface area contributed by atoms with E-state index in [-0.39, 0.29) is 34.6 Å². The number of hydrogen-bond donors (Lipinski definition) is 0. The molecule has 6 nitrogen and oxygen atoms in total. The molecule has 1 amide bonds. The van der Waals surface area contributed by atoms with Crippen molar-refractivity contribution in [2.24, 2.45) is 10.9 Å². The van der Waals surface area contributed by atoms with Crippen molar-refractivity contribution < 1.29 is 17.9 Å². The van der Waals surface area contributed by atoms with Crippen LogP contribution in [-0.2, 0) is 21.2 Å². The van der Waals surface area contributed by atoms with Gasteiger partial charge in [0.2, 0.25) is 0 Å². The SMILES string of the molecule is CC(C)C(=O)N=C1S[C@H]2CS(=O)(=O)C[C@H]2N1c1ccc(OCc2ccccc2)cc1. The molecule has 0 radical (unpaired) electrons. The molecule has 2 aromatic carbocycles. The lowest BCUT2D eigenvalue weighted by Crippen LogP contribution is -2.37. The molecule has 2 heterocycles. The minimum Gasteiger partial charge on any atom is -0.489 e. The Morgan fingerprint density at radius 2 is 1.83 bits per heavy atom. The summed E-state index contributed by atoms with van der Waals surface area (Å²) >= 11 is 1.39. The lowest BCUT2D eigenvalue weighted by molar-refractivity contribution is -0.120. The maximum atomic E-state index is 12.2. The molecule has 2 saturated heterocycles. The standard InChI is InChI=1S/C22H24N2O4S2/c1-15(2)21(25)23-22-24(19-13-30(26,27)14-20(19)29-22)17-8-10-18(11-9-17)28-12-16-6-4-3-5-7-16/h3-11,15,19-20H,12-14H2,1-2H3/t19-,20+/m1/s1. The molecule has 0 aromatic heterocycles. The van der Waals surface area contributed by atoms with Gasteiger partial charge in [-0.2, -0.15) is 4.99 Å². The molecule has 30 heavy (non-hydrogen) atoms. The molecule has 2 atom stereocenters. The number of benzene rings is 2. The molecule has 158 valence electrons. The predicted octanol–water partition coefficient (Wildman–Crippen LogP) is 3.52. The quantitative estimate of drug-likeness (QED) is 0.702. The number of carbonyl (C=O) groups is 1. The summed E-state index contributed by atoms with van der Waals surface area (Å²) in [6, 6.07) is 17.2. The number of aliphatic imine (C=N–C) groups is 1. The van der Waals surface area contributed by atoms with Crippen molar-refractivity contribution >= 4 is 38.4 Å². The van der Waals surface area contributed by atoms with Gasteiger partial charge in [0, 0.05) is 16.9 Å². The Morgan fingerprint density at radius 1 is 1.13 bits per heavy atom. The average molecular weight is 445 g/mol. The van der Waals surface area contributed by atoms with E-state index in [1.54, 1.807) is 13.8 Å². The second-order valence-electron chi connectivity index (χ2n) is 7.83. The molecule has 0 N–H and O–H groups in total. The van der Waals surface area contributed by atoms with Crippen molar-refractivity contribution in [2.75, 3.05) is 16.4 Å². The lowest BCUT2D eigenvalue weighted by atomic mass is 10.2. The van der Waals surface area contributed by atoms with Crippen LogP contribution < -0.4 is 9.64 Å². The maximum Gasteiger partial charge on any atom is 0.250 e. The molecule has 0 bridgehead atoms. The van der Waals surface area contributed by atoms with Crippen LogP contribution in [0.4, 0.5) is 5.69 Å². The van der Waals surface area contributed by atoms with Gasteiger partial charge in [-0.05, 0) is 29.8 Å². The Kier molecular flexibility index (Phi) is 5.88. The second kappa shape index (κ2) is 8.43. The van der Waals surface area contributed by atoms with Crippen molar-refractivity contribution in [2.45, 2.75) is 31.7 Å². The number of anilines is 1. The van der Waals surface area contributed by atoms with Crippen LogP contribution in [0.3, 0.4) is 0 Å².